The molecule has 1 aromatic heterocycles. The Balaban J connectivity index is 2.10. The zero-order chi connectivity index (χ0) is 15.6. The van der Waals surface area contributed by atoms with Crippen molar-refractivity contribution in [2.45, 2.75) is 27.2 Å². The number of nitrogens with zero attached hydrogens (tertiary/aromatic N) is 1. The number of amides is 1. The Kier molecular flexibility index (Phi) is 4.37. The second-order valence-corrected chi connectivity index (χ2v) is 5.88. The summed E-state index contributed by atoms with van der Waals surface area (Å²) in [5.74, 6) is -1.21. The second-order valence-electron chi connectivity index (χ2n) is 4.80. The number of nitrogens with one attached hydrogen (secondary N) is 1. The van der Waals surface area contributed by atoms with Gasteiger partial charge in [0.15, 0.2) is 0 Å². The lowest BCUT2D eigenvalue weighted by molar-refractivity contribution is -0.115. The molecule has 21 heavy (non-hydrogen) atoms. The highest BCUT2D eigenvalue weighted by Gasteiger charge is 2.16. The van der Waals surface area contributed by atoms with Crippen molar-refractivity contribution in [3.8, 4) is 0 Å². The van der Waals surface area contributed by atoms with E-state index in [0.29, 0.717) is 10.7 Å². The molecule has 0 fully saturated rings. The molecule has 0 aliphatic heterocycles. The van der Waals surface area contributed by atoms with Crippen molar-refractivity contribution in [3.63, 3.8) is 0 Å². The summed E-state index contributed by atoms with van der Waals surface area (Å²) in [6, 6.07) is 5.71. The van der Waals surface area contributed by atoms with Gasteiger partial charge in [0.1, 0.15) is 9.88 Å². The van der Waals surface area contributed by atoms with Crippen LogP contribution in [0.5, 0.6) is 0 Å². The minimum atomic E-state index is -1.01. The van der Waals surface area contributed by atoms with Gasteiger partial charge in [-0.25, -0.2) is 9.78 Å². The van der Waals surface area contributed by atoms with E-state index in [-0.39, 0.29) is 17.2 Å². The maximum atomic E-state index is 12.0. The summed E-state index contributed by atoms with van der Waals surface area (Å²) in [5.41, 5.74) is 3.34. The minimum absolute atomic E-state index is 0.0756. The van der Waals surface area contributed by atoms with Crippen molar-refractivity contribution in [3.05, 3.63) is 44.9 Å². The molecule has 1 heterocycles. The summed E-state index contributed by atoms with van der Waals surface area (Å²) in [6.45, 7) is 5.56. The predicted octanol–water partition coefficient (Wildman–Crippen LogP) is 2.95. The SMILES string of the molecule is Cc1cccc(NC(=O)Cc2nc(C)c(C(=O)O)s2)c1C. The summed E-state index contributed by atoms with van der Waals surface area (Å²) in [6.07, 6.45) is 0.0756. The van der Waals surface area contributed by atoms with E-state index in [0.717, 1.165) is 28.2 Å². The van der Waals surface area contributed by atoms with Crippen molar-refractivity contribution in [1.29, 1.82) is 0 Å². The van der Waals surface area contributed by atoms with Crippen LogP contribution in [0.15, 0.2) is 18.2 Å². The van der Waals surface area contributed by atoms with E-state index < -0.39 is 5.97 Å². The first-order valence-corrected chi connectivity index (χ1v) is 7.25. The molecule has 0 aliphatic carbocycles. The van der Waals surface area contributed by atoms with Crippen LogP contribution in [0.1, 0.15) is 31.5 Å². The summed E-state index contributed by atoms with van der Waals surface area (Å²) in [5, 5.41) is 12.3. The number of carbonyl (C=O) groups excluding carboxylic acids is 1. The van der Waals surface area contributed by atoms with Crippen LogP contribution < -0.4 is 5.32 Å². The van der Waals surface area contributed by atoms with Gasteiger partial charge < -0.3 is 10.4 Å². The van der Waals surface area contributed by atoms with Gasteiger partial charge in [-0.15, -0.1) is 11.3 Å². The molecule has 110 valence electrons. The lowest BCUT2D eigenvalue weighted by atomic mass is 10.1. The van der Waals surface area contributed by atoms with Crippen LogP contribution in [0.2, 0.25) is 0 Å². The number of hydrogen-bond acceptors (Lipinski definition) is 4. The van der Waals surface area contributed by atoms with Crippen molar-refractivity contribution in [2.24, 2.45) is 0 Å². The Morgan fingerprint density at radius 2 is 2.00 bits per heavy atom. The number of rotatable bonds is 4. The van der Waals surface area contributed by atoms with E-state index in [1.807, 2.05) is 32.0 Å². The van der Waals surface area contributed by atoms with E-state index in [2.05, 4.69) is 10.3 Å². The van der Waals surface area contributed by atoms with Gasteiger partial charge in [0.2, 0.25) is 5.91 Å². The number of aryl methyl sites for hydroxylation is 2. The van der Waals surface area contributed by atoms with E-state index >= 15 is 0 Å². The number of aromatic nitrogens is 1. The van der Waals surface area contributed by atoms with Gasteiger partial charge >= 0.3 is 5.97 Å². The summed E-state index contributed by atoms with van der Waals surface area (Å²) in [7, 11) is 0. The van der Waals surface area contributed by atoms with Gasteiger partial charge in [-0.3, -0.25) is 4.79 Å². The molecule has 2 N–H and O–H groups in total. The van der Waals surface area contributed by atoms with Gasteiger partial charge in [0.05, 0.1) is 12.1 Å². The van der Waals surface area contributed by atoms with Crippen molar-refractivity contribution in [1.82, 2.24) is 4.98 Å². The predicted molar refractivity (Wildman–Crippen MR) is 82.1 cm³/mol. The normalized spacial score (nSPS) is 10.4. The number of hydrogen-bond donors (Lipinski definition) is 2. The smallest absolute Gasteiger partial charge is 0.347 e. The first-order chi connectivity index (χ1) is 9.88. The molecule has 6 heteroatoms. The maximum absolute atomic E-state index is 12.0. The largest absolute Gasteiger partial charge is 0.477 e. The minimum Gasteiger partial charge on any atom is -0.477 e. The highest BCUT2D eigenvalue weighted by Crippen LogP contribution is 2.21. The second kappa shape index (κ2) is 6.05. The highest BCUT2D eigenvalue weighted by molar-refractivity contribution is 7.13. The Labute approximate surface area is 126 Å². The third kappa shape index (κ3) is 3.46. The molecule has 0 spiro atoms. The standard InChI is InChI=1S/C15H16N2O3S/c1-8-5-4-6-11(9(8)2)17-12(18)7-13-16-10(3)14(21-13)15(19)20/h4-6H,7H2,1-3H3,(H,17,18)(H,19,20). The van der Waals surface area contributed by atoms with Crippen LogP contribution in [0.4, 0.5) is 5.69 Å². The maximum Gasteiger partial charge on any atom is 0.347 e. The molecular formula is C15H16N2O3S. The Morgan fingerprint density at radius 1 is 1.29 bits per heavy atom. The fourth-order valence-corrected chi connectivity index (χ4v) is 2.85. The summed E-state index contributed by atoms with van der Waals surface area (Å²) >= 11 is 1.04. The third-order valence-corrected chi connectivity index (χ3v) is 4.37. The molecule has 0 saturated heterocycles. The first kappa shape index (κ1) is 15.2. The number of anilines is 1. The zero-order valence-corrected chi connectivity index (χ0v) is 12.9. The molecule has 2 aromatic rings. The molecule has 0 aliphatic rings. The summed E-state index contributed by atoms with van der Waals surface area (Å²) in [4.78, 5) is 27.3. The van der Waals surface area contributed by atoms with Crippen LogP contribution in [0.3, 0.4) is 0 Å². The van der Waals surface area contributed by atoms with Crippen LogP contribution in [-0.4, -0.2) is 22.0 Å². The third-order valence-electron chi connectivity index (χ3n) is 3.23. The molecule has 2 rings (SSSR count). The van der Waals surface area contributed by atoms with Gasteiger partial charge in [0.25, 0.3) is 0 Å². The molecule has 5 nitrogen and oxygen atoms in total. The van der Waals surface area contributed by atoms with Crippen molar-refractivity contribution < 1.29 is 14.7 Å². The highest BCUT2D eigenvalue weighted by atomic mass is 32.1. The number of carboxylic acids is 1. The Bertz CT molecular complexity index is 707. The summed E-state index contributed by atoms with van der Waals surface area (Å²) < 4.78 is 0. The van der Waals surface area contributed by atoms with Gasteiger partial charge in [-0.2, -0.15) is 0 Å². The molecule has 0 atom stereocenters. The van der Waals surface area contributed by atoms with Gasteiger partial charge in [0, 0.05) is 5.69 Å². The molecule has 1 amide bonds. The molecule has 0 bridgehead atoms. The van der Waals surface area contributed by atoms with Crippen LogP contribution >= 0.6 is 11.3 Å². The van der Waals surface area contributed by atoms with Gasteiger partial charge in [-0.05, 0) is 38.0 Å². The van der Waals surface area contributed by atoms with Gasteiger partial charge in [-0.1, -0.05) is 12.1 Å². The Morgan fingerprint density at radius 3 is 2.62 bits per heavy atom. The number of aromatic carboxylic acids is 1. The number of thiazole rings is 1. The van der Waals surface area contributed by atoms with Crippen LogP contribution in [0, 0.1) is 20.8 Å². The molecule has 0 radical (unpaired) electrons. The molecule has 1 aromatic carbocycles. The molecular weight excluding hydrogens is 288 g/mol. The average molecular weight is 304 g/mol. The number of benzene rings is 1. The fraction of sp³-hybridized carbons (Fsp3) is 0.267. The zero-order valence-electron chi connectivity index (χ0n) is 12.1. The van der Waals surface area contributed by atoms with E-state index in [9.17, 15) is 9.59 Å². The monoisotopic (exact) mass is 304 g/mol. The number of carbonyl (C=O) groups is 2. The first-order valence-electron chi connectivity index (χ1n) is 6.44. The average Bonchev–Trinajstić information content (AvgIpc) is 2.76. The van der Waals surface area contributed by atoms with E-state index in [4.69, 9.17) is 5.11 Å². The molecule has 0 saturated carbocycles. The van der Waals surface area contributed by atoms with Crippen molar-refractivity contribution >= 4 is 28.9 Å². The molecule has 0 unspecified atom stereocenters. The lowest BCUT2D eigenvalue weighted by Crippen LogP contribution is -2.15. The van der Waals surface area contributed by atoms with Crippen LogP contribution in [0.25, 0.3) is 0 Å². The fourth-order valence-electron chi connectivity index (χ4n) is 1.94. The topological polar surface area (TPSA) is 79.3 Å². The number of carboxylic acid groups (broad SMARTS) is 1. The lowest BCUT2D eigenvalue weighted by Gasteiger charge is -2.09. The van der Waals surface area contributed by atoms with E-state index in [1.54, 1.807) is 6.92 Å². The van der Waals surface area contributed by atoms with Crippen LogP contribution in [-0.2, 0) is 11.2 Å². The van der Waals surface area contributed by atoms with Crippen molar-refractivity contribution in [2.75, 3.05) is 5.32 Å². The Hall–Kier alpha value is -2.21. The quantitative estimate of drug-likeness (QED) is 0.910. The van der Waals surface area contributed by atoms with E-state index in [1.165, 1.54) is 0 Å².